The molecular formula is C14H22N2O3. The predicted octanol–water partition coefficient (Wildman–Crippen LogP) is 2.40. The van der Waals surface area contributed by atoms with Crippen LogP contribution in [0, 0.1) is 6.92 Å². The fourth-order valence-electron chi connectivity index (χ4n) is 3.07. The number of methoxy groups -OCH3 is 1. The largest absolute Gasteiger partial charge is 0.382 e. The van der Waals surface area contributed by atoms with Gasteiger partial charge in [-0.15, -0.1) is 0 Å². The molecule has 2 heterocycles. The molecule has 1 atom stereocenters. The molecule has 106 valence electrons. The number of hydrogen-bond donors (Lipinski definition) is 0. The van der Waals surface area contributed by atoms with Gasteiger partial charge in [0, 0.05) is 19.7 Å². The molecule has 0 bridgehead atoms. The Labute approximate surface area is 113 Å². The van der Waals surface area contributed by atoms with Gasteiger partial charge >= 0.3 is 0 Å². The van der Waals surface area contributed by atoms with Crippen molar-refractivity contribution < 1.29 is 14.1 Å². The van der Waals surface area contributed by atoms with E-state index in [0.717, 1.165) is 37.9 Å². The van der Waals surface area contributed by atoms with E-state index in [1.54, 1.807) is 13.2 Å². The molecule has 1 fully saturated rings. The minimum absolute atomic E-state index is 0.0661. The molecule has 1 unspecified atom stereocenters. The Bertz CT molecular complexity index is 436. The molecule has 1 aliphatic heterocycles. The van der Waals surface area contributed by atoms with Crippen LogP contribution in [0.4, 0.5) is 0 Å². The van der Waals surface area contributed by atoms with Gasteiger partial charge in [0.15, 0.2) is 0 Å². The van der Waals surface area contributed by atoms with Crippen molar-refractivity contribution >= 4 is 5.91 Å². The van der Waals surface area contributed by atoms with Crippen LogP contribution >= 0.6 is 0 Å². The second kappa shape index (κ2) is 5.74. The molecule has 0 aliphatic carbocycles. The van der Waals surface area contributed by atoms with Crippen molar-refractivity contribution in [1.82, 2.24) is 10.1 Å². The minimum atomic E-state index is -0.179. The van der Waals surface area contributed by atoms with Crippen LogP contribution in [-0.4, -0.2) is 41.8 Å². The molecule has 0 N–H and O–H groups in total. The Morgan fingerprint density at radius 2 is 2.42 bits per heavy atom. The highest BCUT2D eigenvalue weighted by atomic mass is 16.5. The van der Waals surface area contributed by atoms with Crippen LogP contribution in [0.2, 0.25) is 0 Å². The molecule has 0 aromatic carbocycles. The summed E-state index contributed by atoms with van der Waals surface area (Å²) in [6.07, 6.45) is 4.00. The average Bonchev–Trinajstić information content (AvgIpc) is 2.97. The van der Waals surface area contributed by atoms with E-state index < -0.39 is 0 Å². The number of nitrogens with zero attached hydrogens (tertiary/aromatic N) is 2. The summed E-state index contributed by atoms with van der Waals surface area (Å²) in [6, 6.07) is 1.70. The molecule has 1 aliphatic rings. The first-order valence-corrected chi connectivity index (χ1v) is 6.87. The van der Waals surface area contributed by atoms with Crippen LogP contribution in [0.1, 0.15) is 48.9 Å². The van der Waals surface area contributed by atoms with E-state index in [1.807, 2.05) is 11.8 Å². The normalized spacial score (nSPS) is 23.0. The van der Waals surface area contributed by atoms with Crippen molar-refractivity contribution in [2.45, 2.75) is 45.1 Å². The fourth-order valence-corrected chi connectivity index (χ4v) is 3.07. The van der Waals surface area contributed by atoms with E-state index in [9.17, 15) is 4.79 Å². The van der Waals surface area contributed by atoms with Crippen LogP contribution < -0.4 is 0 Å². The summed E-state index contributed by atoms with van der Waals surface area (Å²) in [5.74, 6) is 0.264. The van der Waals surface area contributed by atoms with Gasteiger partial charge in [0.25, 0.3) is 5.91 Å². The summed E-state index contributed by atoms with van der Waals surface area (Å²) >= 11 is 0. The number of carbonyl (C=O) groups is 1. The van der Waals surface area contributed by atoms with Crippen molar-refractivity contribution in [2.75, 3.05) is 20.3 Å². The Hall–Kier alpha value is -1.36. The lowest BCUT2D eigenvalue weighted by Crippen LogP contribution is -2.50. The van der Waals surface area contributed by atoms with Crippen molar-refractivity contribution in [3.63, 3.8) is 0 Å². The number of aryl methyl sites for hydroxylation is 1. The highest BCUT2D eigenvalue weighted by Gasteiger charge is 2.44. The van der Waals surface area contributed by atoms with Crippen LogP contribution in [-0.2, 0) is 4.74 Å². The molecule has 1 aromatic rings. The monoisotopic (exact) mass is 266 g/mol. The van der Waals surface area contributed by atoms with Gasteiger partial charge < -0.3 is 14.2 Å². The predicted molar refractivity (Wildman–Crippen MR) is 71.0 cm³/mol. The number of carbonyl (C=O) groups excluding carboxylic acids is 1. The van der Waals surface area contributed by atoms with Gasteiger partial charge in [0.2, 0.25) is 5.76 Å². The van der Waals surface area contributed by atoms with E-state index >= 15 is 0 Å². The average molecular weight is 266 g/mol. The van der Waals surface area contributed by atoms with Gasteiger partial charge in [-0.1, -0.05) is 18.5 Å². The van der Waals surface area contributed by atoms with Gasteiger partial charge in [-0.3, -0.25) is 4.79 Å². The third kappa shape index (κ3) is 2.66. The van der Waals surface area contributed by atoms with E-state index in [-0.39, 0.29) is 11.4 Å². The smallest absolute Gasteiger partial charge is 0.293 e. The van der Waals surface area contributed by atoms with E-state index in [4.69, 9.17) is 9.26 Å². The maximum atomic E-state index is 12.6. The van der Waals surface area contributed by atoms with Crippen LogP contribution in [0.5, 0.6) is 0 Å². The van der Waals surface area contributed by atoms with E-state index in [2.05, 4.69) is 12.1 Å². The first-order chi connectivity index (χ1) is 9.13. The topological polar surface area (TPSA) is 55.6 Å². The second-order valence-electron chi connectivity index (χ2n) is 5.30. The molecule has 5 nitrogen and oxygen atoms in total. The molecule has 2 rings (SSSR count). The Balaban J connectivity index is 2.23. The summed E-state index contributed by atoms with van der Waals surface area (Å²) in [7, 11) is 1.69. The van der Waals surface area contributed by atoms with E-state index in [0.29, 0.717) is 12.4 Å². The number of hydrogen-bond acceptors (Lipinski definition) is 4. The van der Waals surface area contributed by atoms with Gasteiger partial charge in [0.1, 0.15) is 0 Å². The Morgan fingerprint density at radius 3 is 3.00 bits per heavy atom. The number of likely N-dealkylation sites (tertiary alicyclic amines) is 1. The SMILES string of the molecule is CCCC1(COC)CCCN1C(=O)c1cc(C)no1. The number of amides is 1. The third-order valence-corrected chi connectivity index (χ3v) is 3.81. The Kier molecular flexibility index (Phi) is 4.24. The van der Waals surface area contributed by atoms with Crippen LogP contribution in [0.3, 0.4) is 0 Å². The Morgan fingerprint density at radius 1 is 1.63 bits per heavy atom. The van der Waals surface area contributed by atoms with Gasteiger partial charge in [-0.05, 0) is 26.2 Å². The van der Waals surface area contributed by atoms with Gasteiger partial charge in [-0.2, -0.15) is 0 Å². The molecule has 1 amide bonds. The molecular weight excluding hydrogens is 244 g/mol. The maximum Gasteiger partial charge on any atom is 0.293 e. The lowest BCUT2D eigenvalue weighted by Gasteiger charge is -2.37. The molecule has 0 radical (unpaired) electrons. The molecule has 0 saturated carbocycles. The van der Waals surface area contributed by atoms with Crippen LogP contribution in [0.15, 0.2) is 10.6 Å². The zero-order valence-corrected chi connectivity index (χ0v) is 11.9. The quantitative estimate of drug-likeness (QED) is 0.821. The summed E-state index contributed by atoms with van der Waals surface area (Å²) in [5.41, 5.74) is 0.553. The first-order valence-electron chi connectivity index (χ1n) is 6.87. The number of ether oxygens (including phenoxy) is 1. The lowest BCUT2D eigenvalue weighted by atomic mass is 9.91. The standard InChI is InChI=1S/C14H22N2O3/c1-4-6-14(10-18-3)7-5-8-16(14)13(17)12-9-11(2)15-19-12/h9H,4-8,10H2,1-3H3. The first kappa shape index (κ1) is 14.1. The van der Waals surface area contributed by atoms with Crippen molar-refractivity contribution in [1.29, 1.82) is 0 Å². The van der Waals surface area contributed by atoms with Gasteiger partial charge in [-0.25, -0.2) is 0 Å². The van der Waals surface area contributed by atoms with E-state index in [1.165, 1.54) is 0 Å². The maximum absolute atomic E-state index is 12.6. The van der Waals surface area contributed by atoms with Crippen LogP contribution in [0.25, 0.3) is 0 Å². The lowest BCUT2D eigenvalue weighted by molar-refractivity contribution is 0.0227. The zero-order valence-electron chi connectivity index (χ0n) is 11.9. The van der Waals surface area contributed by atoms with Crippen molar-refractivity contribution in [2.24, 2.45) is 0 Å². The minimum Gasteiger partial charge on any atom is -0.382 e. The summed E-state index contributed by atoms with van der Waals surface area (Å²) in [6.45, 7) is 5.30. The third-order valence-electron chi connectivity index (χ3n) is 3.81. The molecule has 1 saturated heterocycles. The van der Waals surface area contributed by atoms with Crippen molar-refractivity contribution in [3.05, 3.63) is 17.5 Å². The molecule has 0 spiro atoms. The highest BCUT2D eigenvalue weighted by Crippen LogP contribution is 2.35. The van der Waals surface area contributed by atoms with Gasteiger partial charge in [0.05, 0.1) is 17.8 Å². The summed E-state index contributed by atoms with van der Waals surface area (Å²) in [5, 5.41) is 3.80. The molecule has 19 heavy (non-hydrogen) atoms. The molecule has 5 heteroatoms. The molecule has 1 aromatic heterocycles. The number of aromatic nitrogens is 1. The van der Waals surface area contributed by atoms with Crippen molar-refractivity contribution in [3.8, 4) is 0 Å². The number of rotatable bonds is 5. The fraction of sp³-hybridized carbons (Fsp3) is 0.714. The highest BCUT2D eigenvalue weighted by molar-refractivity contribution is 5.92. The zero-order chi connectivity index (χ0) is 13.9. The summed E-state index contributed by atoms with van der Waals surface area (Å²) in [4.78, 5) is 14.5. The second-order valence-corrected chi connectivity index (χ2v) is 5.30. The summed E-state index contributed by atoms with van der Waals surface area (Å²) < 4.78 is 10.5.